The van der Waals surface area contributed by atoms with E-state index < -0.39 is 0 Å². The minimum Gasteiger partial charge on any atom is -0.494 e. The third-order valence-corrected chi connectivity index (χ3v) is 2.12. The Balaban J connectivity index is 2.48. The lowest BCUT2D eigenvalue weighted by atomic mass is 10.1. The molecule has 1 atom stereocenters. The van der Waals surface area contributed by atoms with Gasteiger partial charge in [0.15, 0.2) is 0 Å². The van der Waals surface area contributed by atoms with Gasteiger partial charge in [-0.25, -0.2) is 0 Å². The maximum absolute atomic E-state index is 5.78. The third kappa shape index (κ3) is 4.05. The summed E-state index contributed by atoms with van der Waals surface area (Å²) in [6.45, 7) is 2.62. The zero-order valence-corrected chi connectivity index (χ0v) is 9.07. The fourth-order valence-corrected chi connectivity index (χ4v) is 1.25. The monoisotopic (exact) mass is 203 g/mol. The molecule has 0 amide bonds. The number of hydrogen-bond acceptors (Lipinski definition) is 2. The number of hydrogen-bond donors (Lipinski definition) is 1. The number of rotatable bonds is 5. The molecule has 2 heteroatoms. The molecular formula is C13H17NO. The molecule has 0 aromatic heterocycles. The van der Waals surface area contributed by atoms with Crippen molar-refractivity contribution < 1.29 is 4.74 Å². The van der Waals surface area contributed by atoms with Crippen molar-refractivity contribution in [1.82, 2.24) is 0 Å². The van der Waals surface area contributed by atoms with Gasteiger partial charge in [0.25, 0.3) is 0 Å². The first-order chi connectivity index (χ1) is 7.24. The molecule has 0 aliphatic carbocycles. The van der Waals surface area contributed by atoms with E-state index in [-0.39, 0.29) is 6.04 Å². The van der Waals surface area contributed by atoms with Gasteiger partial charge in [-0.3, -0.25) is 0 Å². The Morgan fingerprint density at radius 2 is 2.33 bits per heavy atom. The first-order valence-corrected chi connectivity index (χ1v) is 5.16. The van der Waals surface area contributed by atoms with Gasteiger partial charge in [0.1, 0.15) is 5.75 Å². The van der Waals surface area contributed by atoms with E-state index in [0.29, 0.717) is 6.61 Å². The minimum absolute atomic E-state index is 0.0410. The van der Waals surface area contributed by atoms with Crippen molar-refractivity contribution in [1.29, 1.82) is 0 Å². The molecule has 0 heterocycles. The van der Waals surface area contributed by atoms with Crippen LogP contribution in [0.2, 0.25) is 0 Å². The van der Waals surface area contributed by atoms with Crippen molar-refractivity contribution in [2.45, 2.75) is 25.8 Å². The molecule has 80 valence electrons. The smallest absolute Gasteiger partial charge is 0.119 e. The number of ether oxygens (including phenoxy) is 1. The zero-order chi connectivity index (χ0) is 11.1. The first-order valence-electron chi connectivity index (χ1n) is 5.16. The molecule has 0 fully saturated rings. The molecule has 0 bridgehead atoms. The van der Waals surface area contributed by atoms with E-state index in [9.17, 15) is 0 Å². The lowest BCUT2D eigenvalue weighted by Crippen LogP contribution is -2.05. The number of unbranched alkanes of at least 4 members (excludes halogenated alkanes) is 1. The van der Waals surface area contributed by atoms with Crippen molar-refractivity contribution in [2.75, 3.05) is 6.61 Å². The predicted octanol–water partition coefficient (Wildman–Crippen LogP) is 2.50. The second kappa shape index (κ2) is 6.10. The highest BCUT2D eigenvalue weighted by Gasteiger charge is 2.00. The zero-order valence-electron chi connectivity index (χ0n) is 9.07. The van der Waals surface area contributed by atoms with Crippen molar-refractivity contribution >= 4 is 0 Å². The lowest BCUT2D eigenvalue weighted by molar-refractivity contribution is 0.312. The van der Waals surface area contributed by atoms with E-state index in [1.165, 1.54) is 0 Å². The number of benzene rings is 1. The lowest BCUT2D eigenvalue weighted by Gasteiger charge is -2.09. The third-order valence-electron chi connectivity index (χ3n) is 2.12. The summed E-state index contributed by atoms with van der Waals surface area (Å²) in [5.41, 5.74) is 6.86. The van der Waals surface area contributed by atoms with E-state index in [0.717, 1.165) is 24.2 Å². The summed E-state index contributed by atoms with van der Waals surface area (Å²) < 4.78 is 5.55. The van der Waals surface area contributed by atoms with Crippen LogP contribution in [0.3, 0.4) is 0 Å². The van der Waals surface area contributed by atoms with Crippen LogP contribution in [0.1, 0.15) is 31.4 Å². The summed E-state index contributed by atoms with van der Waals surface area (Å²) >= 11 is 0. The minimum atomic E-state index is 0.0410. The molecule has 0 saturated carbocycles. The van der Waals surface area contributed by atoms with Gasteiger partial charge in [0, 0.05) is 12.5 Å². The molecule has 0 radical (unpaired) electrons. The average molecular weight is 203 g/mol. The normalized spacial score (nSPS) is 11.8. The fourth-order valence-electron chi connectivity index (χ4n) is 1.25. The Labute approximate surface area is 91.4 Å². The van der Waals surface area contributed by atoms with E-state index in [4.69, 9.17) is 16.9 Å². The van der Waals surface area contributed by atoms with Crippen LogP contribution in [0.15, 0.2) is 24.3 Å². The van der Waals surface area contributed by atoms with Crippen LogP contribution in [0.25, 0.3) is 0 Å². The summed E-state index contributed by atoms with van der Waals surface area (Å²) in [6.07, 6.45) is 6.79. The standard InChI is InChI=1S/C13H17NO/c1-3-4-5-9-15-13-8-6-7-12(10-13)11(2)14/h1,6-8,10-11H,4-5,9,14H2,2H3/t11-/m1/s1. The highest BCUT2D eigenvalue weighted by Crippen LogP contribution is 2.17. The van der Waals surface area contributed by atoms with Crippen molar-refractivity contribution in [2.24, 2.45) is 5.73 Å². The molecule has 0 saturated heterocycles. The highest BCUT2D eigenvalue weighted by atomic mass is 16.5. The molecule has 2 N–H and O–H groups in total. The topological polar surface area (TPSA) is 35.2 Å². The van der Waals surface area contributed by atoms with Gasteiger partial charge >= 0.3 is 0 Å². The van der Waals surface area contributed by atoms with E-state index in [2.05, 4.69) is 5.92 Å². The van der Waals surface area contributed by atoms with E-state index in [1.54, 1.807) is 0 Å². The summed E-state index contributed by atoms with van der Waals surface area (Å²) in [4.78, 5) is 0. The van der Waals surface area contributed by atoms with Crippen LogP contribution in [-0.4, -0.2) is 6.61 Å². The van der Waals surface area contributed by atoms with Crippen LogP contribution in [-0.2, 0) is 0 Å². The fraction of sp³-hybridized carbons (Fsp3) is 0.385. The van der Waals surface area contributed by atoms with Crippen molar-refractivity contribution in [3.8, 4) is 18.1 Å². The summed E-state index contributed by atoms with van der Waals surface area (Å²) in [5, 5.41) is 0. The average Bonchev–Trinajstić information content (AvgIpc) is 2.25. The number of nitrogens with two attached hydrogens (primary N) is 1. The van der Waals surface area contributed by atoms with Gasteiger partial charge < -0.3 is 10.5 Å². The second-order valence-electron chi connectivity index (χ2n) is 3.52. The predicted molar refractivity (Wildman–Crippen MR) is 62.6 cm³/mol. The number of terminal acetylenes is 1. The highest BCUT2D eigenvalue weighted by molar-refractivity contribution is 5.30. The van der Waals surface area contributed by atoms with Gasteiger partial charge in [-0.05, 0) is 31.0 Å². The molecular weight excluding hydrogens is 186 g/mol. The van der Waals surface area contributed by atoms with Gasteiger partial charge in [-0.2, -0.15) is 0 Å². The van der Waals surface area contributed by atoms with Gasteiger partial charge in [0.2, 0.25) is 0 Å². The van der Waals surface area contributed by atoms with E-state index in [1.807, 2.05) is 31.2 Å². The van der Waals surface area contributed by atoms with Crippen LogP contribution in [0.4, 0.5) is 0 Å². The molecule has 1 rings (SSSR count). The largest absolute Gasteiger partial charge is 0.494 e. The van der Waals surface area contributed by atoms with E-state index >= 15 is 0 Å². The molecule has 2 nitrogen and oxygen atoms in total. The Morgan fingerprint density at radius 1 is 1.53 bits per heavy atom. The molecule has 1 aromatic carbocycles. The molecule has 0 aliphatic rings. The maximum Gasteiger partial charge on any atom is 0.119 e. The Bertz CT molecular complexity index is 339. The first kappa shape index (κ1) is 11.6. The Hall–Kier alpha value is -1.46. The van der Waals surface area contributed by atoms with Crippen LogP contribution in [0.5, 0.6) is 5.75 Å². The van der Waals surface area contributed by atoms with Gasteiger partial charge in [-0.15, -0.1) is 12.3 Å². The van der Waals surface area contributed by atoms with Crippen LogP contribution in [0, 0.1) is 12.3 Å². The SMILES string of the molecule is C#CCCCOc1cccc([C@@H](C)N)c1. The summed E-state index contributed by atoms with van der Waals surface area (Å²) in [6, 6.07) is 7.90. The Morgan fingerprint density at radius 3 is 3.00 bits per heavy atom. The van der Waals surface area contributed by atoms with Crippen molar-refractivity contribution in [3.63, 3.8) is 0 Å². The van der Waals surface area contributed by atoms with Gasteiger partial charge in [-0.1, -0.05) is 12.1 Å². The van der Waals surface area contributed by atoms with Crippen molar-refractivity contribution in [3.05, 3.63) is 29.8 Å². The summed E-state index contributed by atoms with van der Waals surface area (Å²) in [5.74, 6) is 3.45. The van der Waals surface area contributed by atoms with Crippen LogP contribution < -0.4 is 10.5 Å². The molecule has 0 aliphatic heterocycles. The molecule has 1 aromatic rings. The Kier molecular flexibility index (Phi) is 4.73. The summed E-state index contributed by atoms with van der Waals surface area (Å²) in [7, 11) is 0. The molecule has 15 heavy (non-hydrogen) atoms. The maximum atomic E-state index is 5.78. The molecule has 0 unspecified atom stereocenters. The van der Waals surface area contributed by atoms with Crippen LogP contribution >= 0.6 is 0 Å². The second-order valence-corrected chi connectivity index (χ2v) is 3.52. The molecule has 0 spiro atoms. The quantitative estimate of drug-likeness (QED) is 0.589. The van der Waals surface area contributed by atoms with Gasteiger partial charge in [0.05, 0.1) is 6.61 Å².